The first-order chi connectivity index (χ1) is 10.2. The van der Waals surface area contributed by atoms with E-state index in [2.05, 4.69) is 30.6 Å². The third-order valence-electron chi connectivity index (χ3n) is 3.29. The highest BCUT2D eigenvalue weighted by Crippen LogP contribution is 2.38. The van der Waals surface area contributed by atoms with Gasteiger partial charge >= 0.3 is 0 Å². The Labute approximate surface area is 136 Å². The van der Waals surface area contributed by atoms with E-state index in [4.69, 9.17) is 16.3 Å². The first kappa shape index (κ1) is 16.3. The topological polar surface area (TPSA) is 21.3 Å². The lowest BCUT2D eigenvalue weighted by Gasteiger charge is -2.21. The SMILES string of the molecule is CCCOc1ccccc1C(NCC)c1scc(C)c1Cl. The Morgan fingerprint density at radius 3 is 2.67 bits per heavy atom. The summed E-state index contributed by atoms with van der Waals surface area (Å²) in [6, 6.07) is 8.29. The van der Waals surface area contributed by atoms with Gasteiger partial charge in [-0.3, -0.25) is 0 Å². The first-order valence-electron chi connectivity index (χ1n) is 7.37. The number of halogens is 1. The summed E-state index contributed by atoms with van der Waals surface area (Å²) in [7, 11) is 0. The highest BCUT2D eigenvalue weighted by Gasteiger charge is 2.22. The summed E-state index contributed by atoms with van der Waals surface area (Å²) in [4.78, 5) is 1.16. The number of ether oxygens (including phenoxy) is 1. The lowest BCUT2D eigenvalue weighted by Crippen LogP contribution is -2.22. The van der Waals surface area contributed by atoms with Crippen molar-refractivity contribution in [1.29, 1.82) is 0 Å². The van der Waals surface area contributed by atoms with Crippen LogP contribution in [0.5, 0.6) is 5.75 Å². The van der Waals surface area contributed by atoms with E-state index in [0.717, 1.165) is 46.3 Å². The summed E-state index contributed by atoms with van der Waals surface area (Å²) < 4.78 is 5.90. The molecule has 0 radical (unpaired) electrons. The molecule has 1 aromatic heterocycles. The van der Waals surface area contributed by atoms with Crippen LogP contribution in [0, 0.1) is 6.92 Å². The van der Waals surface area contributed by atoms with E-state index >= 15 is 0 Å². The lowest BCUT2D eigenvalue weighted by molar-refractivity contribution is 0.312. The standard InChI is InChI=1S/C17H22ClNOS/c1-4-10-20-14-9-7-6-8-13(14)16(19-5-2)17-15(18)12(3)11-21-17/h6-9,11,16,19H,4-5,10H2,1-3H3. The van der Waals surface area contributed by atoms with E-state index in [0.29, 0.717) is 0 Å². The van der Waals surface area contributed by atoms with Gasteiger partial charge < -0.3 is 10.1 Å². The van der Waals surface area contributed by atoms with Crippen LogP contribution in [0.15, 0.2) is 29.6 Å². The number of rotatable bonds is 7. The second kappa shape index (κ2) is 7.83. The van der Waals surface area contributed by atoms with Gasteiger partial charge in [-0.1, -0.05) is 43.6 Å². The third kappa shape index (κ3) is 3.79. The number of nitrogens with one attached hydrogen (secondary N) is 1. The molecule has 0 amide bonds. The highest BCUT2D eigenvalue weighted by molar-refractivity contribution is 7.10. The van der Waals surface area contributed by atoms with Gasteiger partial charge in [-0.2, -0.15) is 0 Å². The van der Waals surface area contributed by atoms with E-state index in [1.807, 2.05) is 25.1 Å². The molecular weight excluding hydrogens is 302 g/mol. The molecule has 1 atom stereocenters. The summed E-state index contributed by atoms with van der Waals surface area (Å²) in [6.07, 6.45) is 0.999. The molecule has 0 aliphatic carbocycles. The molecular formula is C17H22ClNOS. The van der Waals surface area contributed by atoms with Crippen LogP contribution in [-0.2, 0) is 0 Å². The fourth-order valence-electron chi connectivity index (χ4n) is 2.25. The Hall–Kier alpha value is -1.03. The fourth-order valence-corrected chi connectivity index (χ4v) is 3.65. The first-order valence-corrected chi connectivity index (χ1v) is 8.63. The molecule has 1 N–H and O–H groups in total. The van der Waals surface area contributed by atoms with Crippen molar-refractivity contribution in [3.63, 3.8) is 0 Å². The van der Waals surface area contributed by atoms with Gasteiger partial charge in [-0.15, -0.1) is 11.3 Å². The average Bonchev–Trinajstić information content (AvgIpc) is 2.83. The highest BCUT2D eigenvalue weighted by atomic mass is 35.5. The zero-order valence-corrected chi connectivity index (χ0v) is 14.4. The Balaban J connectivity index is 2.41. The Morgan fingerprint density at radius 1 is 1.29 bits per heavy atom. The lowest BCUT2D eigenvalue weighted by atomic mass is 10.0. The van der Waals surface area contributed by atoms with E-state index in [1.54, 1.807) is 11.3 Å². The molecule has 2 aromatic rings. The zero-order valence-electron chi connectivity index (χ0n) is 12.8. The van der Waals surface area contributed by atoms with Crippen molar-refractivity contribution in [2.45, 2.75) is 33.2 Å². The molecule has 0 bridgehead atoms. The van der Waals surface area contributed by atoms with E-state index in [-0.39, 0.29) is 6.04 Å². The number of benzene rings is 1. The molecule has 0 saturated heterocycles. The van der Waals surface area contributed by atoms with Gasteiger partial charge in [0.05, 0.1) is 17.7 Å². The van der Waals surface area contributed by atoms with Gasteiger partial charge in [0.1, 0.15) is 5.75 Å². The van der Waals surface area contributed by atoms with Crippen LogP contribution < -0.4 is 10.1 Å². The molecule has 0 spiro atoms. The maximum absolute atomic E-state index is 6.48. The molecule has 114 valence electrons. The Kier molecular flexibility index (Phi) is 6.09. The smallest absolute Gasteiger partial charge is 0.124 e. The van der Waals surface area contributed by atoms with Crippen LogP contribution in [-0.4, -0.2) is 13.2 Å². The maximum atomic E-state index is 6.48. The number of hydrogen-bond donors (Lipinski definition) is 1. The fraction of sp³-hybridized carbons (Fsp3) is 0.412. The second-order valence-electron chi connectivity index (χ2n) is 4.97. The Bertz CT molecular complexity index is 582. The summed E-state index contributed by atoms with van der Waals surface area (Å²) in [5, 5.41) is 6.50. The number of hydrogen-bond acceptors (Lipinski definition) is 3. The van der Waals surface area contributed by atoms with Crippen molar-refractivity contribution in [3.05, 3.63) is 50.7 Å². The minimum atomic E-state index is 0.0780. The van der Waals surface area contributed by atoms with Gasteiger partial charge in [0.25, 0.3) is 0 Å². The molecule has 1 aromatic carbocycles. The predicted molar refractivity (Wildman–Crippen MR) is 91.8 cm³/mol. The van der Waals surface area contributed by atoms with Gasteiger partial charge in [0, 0.05) is 10.4 Å². The molecule has 2 rings (SSSR count). The van der Waals surface area contributed by atoms with E-state index in [9.17, 15) is 0 Å². The second-order valence-corrected chi connectivity index (χ2v) is 6.26. The van der Waals surface area contributed by atoms with Gasteiger partial charge in [0.15, 0.2) is 0 Å². The maximum Gasteiger partial charge on any atom is 0.124 e. The van der Waals surface area contributed by atoms with Gasteiger partial charge in [0.2, 0.25) is 0 Å². The van der Waals surface area contributed by atoms with Crippen molar-refractivity contribution in [2.24, 2.45) is 0 Å². The summed E-state index contributed by atoms with van der Waals surface area (Å²) in [5.74, 6) is 0.937. The predicted octanol–water partition coefficient (Wildman–Crippen LogP) is 5.20. The van der Waals surface area contributed by atoms with Crippen LogP contribution in [0.4, 0.5) is 0 Å². The molecule has 2 nitrogen and oxygen atoms in total. The quantitative estimate of drug-likeness (QED) is 0.756. The van der Waals surface area contributed by atoms with Crippen molar-refractivity contribution in [1.82, 2.24) is 5.32 Å². The van der Waals surface area contributed by atoms with Crippen LogP contribution in [0.25, 0.3) is 0 Å². The zero-order chi connectivity index (χ0) is 15.2. The normalized spacial score (nSPS) is 12.4. The molecule has 0 fully saturated rings. The molecule has 1 heterocycles. The summed E-state index contributed by atoms with van der Waals surface area (Å²) >= 11 is 8.18. The Morgan fingerprint density at radius 2 is 2.05 bits per heavy atom. The van der Waals surface area contributed by atoms with E-state index in [1.165, 1.54) is 0 Å². The van der Waals surface area contributed by atoms with Crippen molar-refractivity contribution in [3.8, 4) is 5.75 Å². The minimum Gasteiger partial charge on any atom is -0.493 e. The molecule has 0 saturated carbocycles. The average molecular weight is 324 g/mol. The molecule has 0 aliphatic heterocycles. The summed E-state index contributed by atoms with van der Waals surface area (Å²) in [5.41, 5.74) is 2.28. The molecule has 4 heteroatoms. The van der Waals surface area contributed by atoms with Crippen LogP contribution in [0.2, 0.25) is 5.02 Å². The number of para-hydroxylation sites is 1. The van der Waals surface area contributed by atoms with Crippen LogP contribution >= 0.6 is 22.9 Å². The largest absolute Gasteiger partial charge is 0.493 e. The number of aryl methyl sites for hydroxylation is 1. The van der Waals surface area contributed by atoms with Gasteiger partial charge in [-0.05, 0) is 36.9 Å². The summed E-state index contributed by atoms with van der Waals surface area (Å²) in [6.45, 7) is 7.87. The molecule has 0 aliphatic rings. The van der Waals surface area contributed by atoms with Crippen molar-refractivity contribution < 1.29 is 4.74 Å². The van der Waals surface area contributed by atoms with Gasteiger partial charge in [-0.25, -0.2) is 0 Å². The molecule has 1 unspecified atom stereocenters. The van der Waals surface area contributed by atoms with Crippen molar-refractivity contribution >= 4 is 22.9 Å². The van der Waals surface area contributed by atoms with Crippen molar-refractivity contribution in [2.75, 3.05) is 13.2 Å². The molecule has 21 heavy (non-hydrogen) atoms. The van der Waals surface area contributed by atoms with E-state index < -0.39 is 0 Å². The third-order valence-corrected chi connectivity index (χ3v) is 5.07. The monoisotopic (exact) mass is 323 g/mol. The minimum absolute atomic E-state index is 0.0780. The van der Waals surface area contributed by atoms with Crippen LogP contribution in [0.1, 0.15) is 42.3 Å². The number of thiophene rings is 1. The van der Waals surface area contributed by atoms with Crippen LogP contribution in [0.3, 0.4) is 0 Å².